The van der Waals surface area contributed by atoms with Crippen molar-refractivity contribution in [2.45, 2.75) is 32.7 Å². The second kappa shape index (κ2) is 11.7. The number of aromatic nitrogens is 1. The molecule has 2 heterocycles. The topological polar surface area (TPSA) is 37.7 Å². The zero-order valence-electron chi connectivity index (χ0n) is 22.0. The van der Waals surface area contributed by atoms with Gasteiger partial charge in [0, 0.05) is 62.2 Å². The van der Waals surface area contributed by atoms with Gasteiger partial charge in [-0.15, -0.1) is 0 Å². The Morgan fingerprint density at radius 3 is 2.27 bits per heavy atom. The molecular formula is C32H37N3O2. The van der Waals surface area contributed by atoms with Gasteiger partial charge in [0.05, 0.1) is 6.61 Å². The van der Waals surface area contributed by atoms with Crippen LogP contribution in [0.3, 0.4) is 0 Å². The molecule has 1 saturated heterocycles. The van der Waals surface area contributed by atoms with Crippen molar-refractivity contribution in [2.75, 3.05) is 39.3 Å². The van der Waals surface area contributed by atoms with Gasteiger partial charge in [0.15, 0.2) is 0 Å². The standard InChI is InChI=1S/C32H37N3O2/c1-3-33-18-20-34(21-19-33)32(36)22-29(26-14-16-27(17-15-26)37-4-2)30-24-35(23-25-10-6-5-7-11-25)31-13-9-8-12-28(30)31/h5-17,24,29H,3-4,18-23H2,1-2H3/t29-/m1/s1. The van der Waals surface area contributed by atoms with Crippen LogP contribution in [0.1, 0.15) is 42.9 Å². The highest BCUT2D eigenvalue weighted by atomic mass is 16.5. The first kappa shape index (κ1) is 25.1. The number of hydrogen-bond acceptors (Lipinski definition) is 3. The van der Waals surface area contributed by atoms with Crippen LogP contribution in [0.2, 0.25) is 0 Å². The SMILES string of the molecule is CCOc1ccc([C@@H](CC(=O)N2CCN(CC)CC2)c2cn(Cc3ccccc3)c3ccccc23)cc1. The molecular weight excluding hydrogens is 458 g/mol. The lowest BCUT2D eigenvalue weighted by atomic mass is 9.87. The smallest absolute Gasteiger partial charge is 0.223 e. The van der Waals surface area contributed by atoms with Gasteiger partial charge in [-0.05, 0) is 48.4 Å². The Bertz CT molecular complexity index is 1310. The zero-order valence-corrected chi connectivity index (χ0v) is 22.0. The molecule has 0 spiro atoms. The molecule has 1 fully saturated rings. The number of nitrogens with zero attached hydrogens (tertiary/aromatic N) is 3. The van der Waals surface area contributed by atoms with E-state index in [0.29, 0.717) is 13.0 Å². The Balaban J connectivity index is 1.50. The van der Waals surface area contributed by atoms with E-state index in [4.69, 9.17) is 4.74 Å². The predicted molar refractivity (Wildman–Crippen MR) is 150 cm³/mol. The van der Waals surface area contributed by atoms with Crippen LogP contribution in [0.5, 0.6) is 5.75 Å². The number of ether oxygens (including phenoxy) is 1. The fourth-order valence-electron chi connectivity index (χ4n) is 5.45. The third-order valence-corrected chi connectivity index (χ3v) is 7.53. The fourth-order valence-corrected chi connectivity index (χ4v) is 5.45. The monoisotopic (exact) mass is 495 g/mol. The fraction of sp³-hybridized carbons (Fsp3) is 0.344. The van der Waals surface area contributed by atoms with E-state index in [0.717, 1.165) is 50.6 Å². The van der Waals surface area contributed by atoms with Crippen LogP contribution in [0.25, 0.3) is 10.9 Å². The summed E-state index contributed by atoms with van der Waals surface area (Å²) in [7, 11) is 0. The normalized spacial score (nSPS) is 15.1. The van der Waals surface area contributed by atoms with Gasteiger partial charge in [-0.2, -0.15) is 0 Å². The van der Waals surface area contributed by atoms with Gasteiger partial charge in [0.25, 0.3) is 0 Å². The number of benzene rings is 3. The van der Waals surface area contributed by atoms with Crippen molar-refractivity contribution >= 4 is 16.8 Å². The second-order valence-corrected chi connectivity index (χ2v) is 9.79. The van der Waals surface area contributed by atoms with E-state index in [-0.39, 0.29) is 11.8 Å². The van der Waals surface area contributed by atoms with Crippen LogP contribution in [0.4, 0.5) is 0 Å². The summed E-state index contributed by atoms with van der Waals surface area (Å²) in [6, 6.07) is 27.4. The van der Waals surface area contributed by atoms with Gasteiger partial charge in [-0.25, -0.2) is 0 Å². The first-order valence-electron chi connectivity index (χ1n) is 13.5. The van der Waals surface area contributed by atoms with Crippen molar-refractivity contribution in [1.29, 1.82) is 0 Å². The van der Waals surface area contributed by atoms with Gasteiger partial charge in [0.1, 0.15) is 5.75 Å². The van der Waals surface area contributed by atoms with Crippen molar-refractivity contribution in [3.05, 3.63) is 102 Å². The number of carbonyl (C=O) groups excluding carboxylic acids is 1. The first-order valence-corrected chi connectivity index (χ1v) is 13.5. The molecule has 4 aromatic rings. The van der Waals surface area contributed by atoms with E-state index in [1.54, 1.807) is 0 Å². The number of amides is 1. The van der Waals surface area contributed by atoms with Crippen LogP contribution in [-0.4, -0.2) is 59.6 Å². The minimum Gasteiger partial charge on any atom is -0.494 e. The summed E-state index contributed by atoms with van der Waals surface area (Å²) in [5.41, 5.74) is 4.81. The van der Waals surface area contributed by atoms with E-state index >= 15 is 0 Å². The number of rotatable bonds is 9. The molecule has 1 aromatic heterocycles. The quantitative estimate of drug-likeness (QED) is 0.296. The lowest BCUT2D eigenvalue weighted by Gasteiger charge is -2.35. The van der Waals surface area contributed by atoms with E-state index in [1.807, 2.05) is 19.1 Å². The van der Waals surface area contributed by atoms with E-state index in [1.165, 1.54) is 22.0 Å². The maximum atomic E-state index is 13.6. The van der Waals surface area contributed by atoms with Crippen LogP contribution >= 0.6 is 0 Å². The number of para-hydroxylation sites is 1. The molecule has 1 atom stereocenters. The van der Waals surface area contributed by atoms with Gasteiger partial charge >= 0.3 is 0 Å². The molecule has 1 aliphatic rings. The molecule has 1 aliphatic heterocycles. The van der Waals surface area contributed by atoms with Gasteiger partial charge < -0.3 is 19.1 Å². The molecule has 3 aromatic carbocycles. The van der Waals surface area contributed by atoms with Crippen molar-refractivity contribution in [2.24, 2.45) is 0 Å². The molecule has 5 heteroatoms. The second-order valence-electron chi connectivity index (χ2n) is 9.79. The molecule has 0 N–H and O–H groups in total. The number of piperazine rings is 1. The van der Waals surface area contributed by atoms with Crippen molar-refractivity contribution < 1.29 is 9.53 Å². The maximum Gasteiger partial charge on any atom is 0.223 e. The van der Waals surface area contributed by atoms with E-state index in [9.17, 15) is 4.79 Å². The highest BCUT2D eigenvalue weighted by molar-refractivity contribution is 5.87. The summed E-state index contributed by atoms with van der Waals surface area (Å²) in [4.78, 5) is 18.1. The zero-order chi connectivity index (χ0) is 25.6. The summed E-state index contributed by atoms with van der Waals surface area (Å²) in [5, 5.41) is 1.21. The highest BCUT2D eigenvalue weighted by Gasteiger charge is 2.27. The number of likely N-dealkylation sites (N-methyl/N-ethyl adjacent to an activating group) is 1. The Morgan fingerprint density at radius 2 is 1.57 bits per heavy atom. The van der Waals surface area contributed by atoms with Gasteiger partial charge in [-0.3, -0.25) is 4.79 Å². The van der Waals surface area contributed by atoms with Crippen LogP contribution < -0.4 is 4.74 Å². The van der Waals surface area contributed by atoms with Crippen LogP contribution in [0, 0.1) is 0 Å². The Labute approximate surface area is 220 Å². The minimum absolute atomic E-state index is 0.0331. The van der Waals surface area contributed by atoms with E-state index in [2.05, 4.69) is 94.2 Å². The van der Waals surface area contributed by atoms with Crippen LogP contribution in [0.15, 0.2) is 85.1 Å². The number of hydrogen-bond donors (Lipinski definition) is 0. The molecule has 0 saturated carbocycles. The molecule has 5 rings (SSSR count). The Morgan fingerprint density at radius 1 is 0.865 bits per heavy atom. The third-order valence-electron chi connectivity index (χ3n) is 7.53. The lowest BCUT2D eigenvalue weighted by molar-refractivity contribution is -0.133. The Kier molecular flexibility index (Phi) is 7.90. The molecule has 0 radical (unpaired) electrons. The molecule has 0 bridgehead atoms. The maximum absolute atomic E-state index is 13.6. The third kappa shape index (κ3) is 5.72. The molecule has 1 amide bonds. The molecule has 37 heavy (non-hydrogen) atoms. The van der Waals surface area contributed by atoms with Crippen molar-refractivity contribution in [3.63, 3.8) is 0 Å². The summed E-state index contributed by atoms with van der Waals surface area (Å²) >= 11 is 0. The number of fused-ring (bicyclic) bond motifs is 1. The molecule has 5 nitrogen and oxygen atoms in total. The summed E-state index contributed by atoms with van der Waals surface area (Å²) in [5.74, 6) is 1.06. The molecule has 192 valence electrons. The predicted octanol–water partition coefficient (Wildman–Crippen LogP) is 5.77. The van der Waals surface area contributed by atoms with Gasteiger partial charge in [0.2, 0.25) is 5.91 Å². The van der Waals surface area contributed by atoms with Crippen molar-refractivity contribution in [3.8, 4) is 5.75 Å². The van der Waals surface area contributed by atoms with Crippen LogP contribution in [-0.2, 0) is 11.3 Å². The van der Waals surface area contributed by atoms with Gasteiger partial charge in [-0.1, -0.05) is 67.6 Å². The average Bonchev–Trinajstić information content (AvgIpc) is 3.31. The summed E-state index contributed by atoms with van der Waals surface area (Å²) in [6.07, 6.45) is 2.72. The minimum atomic E-state index is -0.0331. The lowest BCUT2D eigenvalue weighted by Crippen LogP contribution is -2.48. The highest BCUT2D eigenvalue weighted by Crippen LogP contribution is 2.36. The number of carbonyl (C=O) groups is 1. The van der Waals surface area contributed by atoms with Crippen molar-refractivity contribution in [1.82, 2.24) is 14.4 Å². The Hall–Kier alpha value is -3.57. The molecule has 0 unspecified atom stereocenters. The van der Waals surface area contributed by atoms with E-state index < -0.39 is 0 Å². The molecule has 0 aliphatic carbocycles. The first-order chi connectivity index (χ1) is 18.2. The largest absolute Gasteiger partial charge is 0.494 e. The summed E-state index contributed by atoms with van der Waals surface area (Å²) < 4.78 is 8.03. The average molecular weight is 496 g/mol. The summed E-state index contributed by atoms with van der Waals surface area (Å²) in [6.45, 7) is 10.2.